The Hall–Kier alpha value is -0.940. The van der Waals surface area contributed by atoms with Gasteiger partial charge in [-0.25, -0.2) is 0 Å². The lowest BCUT2D eigenvalue weighted by molar-refractivity contribution is 0.191. The lowest BCUT2D eigenvalue weighted by atomic mass is 10.3. The van der Waals surface area contributed by atoms with Crippen molar-refractivity contribution < 1.29 is 9.63 Å². The van der Waals surface area contributed by atoms with Gasteiger partial charge in [-0.05, 0) is 6.92 Å². The molecule has 0 aliphatic heterocycles. The van der Waals surface area contributed by atoms with E-state index in [1.54, 1.807) is 6.92 Å². The quantitative estimate of drug-likeness (QED) is 0.589. The van der Waals surface area contributed by atoms with Crippen LogP contribution in [0.25, 0.3) is 0 Å². The second-order valence-electron chi connectivity index (χ2n) is 2.65. The zero-order valence-electron chi connectivity index (χ0n) is 7.03. The van der Waals surface area contributed by atoms with Crippen LogP contribution in [0.15, 0.2) is 10.9 Å². The van der Waals surface area contributed by atoms with Gasteiger partial charge in [-0.2, -0.15) is 4.98 Å². The Morgan fingerprint density at radius 3 is 3.17 bits per heavy atom. The minimum absolute atomic E-state index is 0.310. The summed E-state index contributed by atoms with van der Waals surface area (Å²) in [7, 11) is 0. The topological polar surface area (TPSA) is 71.2 Å². The van der Waals surface area contributed by atoms with Crippen molar-refractivity contribution in [3.63, 3.8) is 0 Å². The zero-order chi connectivity index (χ0) is 8.81. The van der Waals surface area contributed by atoms with Crippen molar-refractivity contribution in [1.82, 2.24) is 15.5 Å². The van der Waals surface area contributed by atoms with E-state index in [9.17, 15) is 0 Å². The summed E-state index contributed by atoms with van der Waals surface area (Å²) in [6.07, 6.45) is 1.73. The average Bonchev–Trinajstić information content (AvgIpc) is 2.49. The molecule has 12 heavy (non-hydrogen) atoms. The first-order valence-electron chi connectivity index (χ1n) is 3.93. The summed E-state index contributed by atoms with van der Waals surface area (Å²) in [6, 6.07) is 0. The van der Waals surface area contributed by atoms with Gasteiger partial charge in [-0.3, -0.25) is 0 Å². The van der Waals surface area contributed by atoms with E-state index < -0.39 is 0 Å². The number of rotatable bonds is 5. The highest BCUT2D eigenvalue weighted by Crippen LogP contribution is 1.87. The number of nitrogens with one attached hydrogen (secondary N) is 1. The zero-order valence-corrected chi connectivity index (χ0v) is 7.03. The Kier molecular flexibility index (Phi) is 3.69. The Bertz CT molecular complexity index is 198. The Morgan fingerprint density at radius 1 is 1.75 bits per heavy atom. The summed E-state index contributed by atoms with van der Waals surface area (Å²) >= 11 is 0. The fourth-order valence-electron chi connectivity index (χ4n) is 0.814. The molecule has 0 aliphatic rings. The number of aromatic nitrogens is 2. The highest BCUT2D eigenvalue weighted by molar-refractivity contribution is 4.78. The maximum atomic E-state index is 8.90. The minimum Gasteiger partial charge on any atom is -0.392 e. The molecule has 0 radical (unpaired) electrons. The van der Waals surface area contributed by atoms with Crippen LogP contribution in [0.2, 0.25) is 0 Å². The lowest BCUT2D eigenvalue weighted by Gasteiger charge is -2.04. The number of aliphatic hydroxyl groups is 1. The van der Waals surface area contributed by atoms with Crippen molar-refractivity contribution in [2.75, 3.05) is 13.1 Å². The van der Waals surface area contributed by atoms with Crippen molar-refractivity contribution in [2.24, 2.45) is 0 Å². The van der Waals surface area contributed by atoms with Crippen LogP contribution >= 0.6 is 0 Å². The van der Waals surface area contributed by atoms with Gasteiger partial charge in [0.05, 0.1) is 6.10 Å². The molecule has 0 amide bonds. The molecule has 1 atom stereocenters. The molecule has 5 heteroatoms. The summed E-state index contributed by atoms with van der Waals surface area (Å²) in [4.78, 5) is 3.85. The normalized spacial score (nSPS) is 13.2. The Morgan fingerprint density at radius 2 is 2.58 bits per heavy atom. The molecule has 0 aliphatic carbocycles. The van der Waals surface area contributed by atoms with Gasteiger partial charge in [0, 0.05) is 19.5 Å². The maximum Gasteiger partial charge on any atom is 0.213 e. The van der Waals surface area contributed by atoms with Gasteiger partial charge in [-0.15, -0.1) is 0 Å². The van der Waals surface area contributed by atoms with E-state index in [2.05, 4.69) is 20.0 Å². The van der Waals surface area contributed by atoms with E-state index >= 15 is 0 Å². The first-order valence-corrected chi connectivity index (χ1v) is 3.93. The van der Waals surface area contributed by atoms with Crippen LogP contribution in [0.5, 0.6) is 0 Å². The van der Waals surface area contributed by atoms with Gasteiger partial charge >= 0.3 is 0 Å². The molecule has 2 N–H and O–H groups in total. The standard InChI is InChI=1S/C7H13N3O2/c1-6(11)4-8-3-2-7-9-5-12-10-7/h5-6,8,11H,2-4H2,1H3. The molecular weight excluding hydrogens is 158 g/mol. The molecule has 5 nitrogen and oxygen atoms in total. The Balaban J connectivity index is 2.04. The predicted octanol–water partition coefficient (Wildman–Crippen LogP) is -0.418. The molecular formula is C7H13N3O2. The maximum absolute atomic E-state index is 8.90. The first kappa shape index (κ1) is 9.15. The monoisotopic (exact) mass is 171 g/mol. The van der Waals surface area contributed by atoms with Gasteiger partial charge in [-0.1, -0.05) is 5.16 Å². The third kappa shape index (κ3) is 3.45. The highest BCUT2D eigenvalue weighted by Gasteiger charge is 1.98. The molecule has 1 aromatic rings. The van der Waals surface area contributed by atoms with Gasteiger partial charge in [0.25, 0.3) is 0 Å². The van der Waals surface area contributed by atoms with Crippen LogP contribution in [0, 0.1) is 0 Å². The molecule has 0 aromatic carbocycles. The molecule has 0 bridgehead atoms. The SMILES string of the molecule is CC(O)CNCCc1ncon1. The van der Waals surface area contributed by atoms with Crippen LogP contribution in [0.4, 0.5) is 0 Å². The van der Waals surface area contributed by atoms with Crippen molar-refractivity contribution in [2.45, 2.75) is 19.4 Å². The van der Waals surface area contributed by atoms with E-state index in [-0.39, 0.29) is 6.10 Å². The molecule has 0 saturated heterocycles. The average molecular weight is 171 g/mol. The lowest BCUT2D eigenvalue weighted by Crippen LogP contribution is -2.26. The number of hydrogen-bond acceptors (Lipinski definition) is 5. The van der Waals surface area contributed by atoms with Crippen molar-refractivity contribution in [1.29, 1.82) is 0 Å². The van der Waals surface area contributed by atoms with Gasteiger partial charge in [0.15, 0.2) is 5.82 Å². The van der Waals surface area contributed by atoms with Crippen LogP contribution in [-0.4, -0.2) is 34.4 Å². The number of hydrogen-bond donors (Lipinski definition) is 2. The van der Waals surface area contributed by atoms with Gasteiger partial charge in [0.1, 0.15) is 0 Å². The van der Waals surface area contributed by atoms with E-state index in [1.807, 2.05) is 0 Å². The third-order valence-corrected chi connectivity index (χ3v) is 1.37. The van der Waals surface area contributed by atoms with E-state index in [0.717, 1.165) is 13.0 Å². The molecule has 1 unspecified atom stereocenters. The van der Waals surface area contributed by atoms with E-state index in [0.29, 0.717) is 12.4 Å². The van der Waals surface area contributed by atoms with Crippen molar-refractivity contribution >= 4 is 0 Å². The summed E-state index contributed by atoms with van der Waals surface area (Å²) in [5.74, 6) is 0.688. The second-order valence-corrected chi connectivity index (χ2v) is 2.65. The number of aliphatic hydroxyl groups excluding tert-OH is 1. The van der Waals surface area contributed by atoms with Crippen LogP contribution in [-0.2, 0) is 6.42 Å². The Labute approximate surface area is 70.8 Å². The molecule has 0 saturated carbocycles. The molecule has 0 spiro atoms. The van der Waals surface area contributed by atoms with Crippen LogP contribution in [0.3, 0.4) is 0 Å². The first-order chi connectivity index (χ1) is 5.79. The fourth-order valence-corrected chi connectivity index (χ4v) is 0.814. The van der Waals surface area contributed by atoms with Gasteiger partial charge in [0.2, 0.25) is 6.39 Å². The van der Waals surface area contributed by atoms with Gasteiger partial charge < -0.3 is 14.9 Å². The molecule has 68 valence electrons. The summed E-state index contributed by atoms with van der Waals surface area (Å²) < 4.78 is 4.55. The summed E-state index contributed by atoms with van der Waals surface area (Å²) in [5.41, 5.74) is 0. The number of nitrogens with zero attached hydrogens (tertiary/aromatic N) is 2. The third-order valence-electron chi connectivity index (χ3n) is 1.37. The minimum atomic E-state index is -0.310. The predicted molar refractivity (Wildman–Crippen MR) is 42.6 cm³/mol. The van der Waals surface area contributed by atoms with Crippen LogP contribution < -0.4 is 5.32 Å². The molecule has 1 heterocycles. The van der Waals surface area contributed by atoms with Crippen LogP contribution in [0.1, 0.15) is 12.7 Å². The van der Waals surface area contributed by atoms with Crippen molar-refractivity contribution in [3.05, 3.63) is 12.2 Å². The molecule has 1 aromatic heterocycles. The highest BCUT2D eigenvalue weighted by atomic mass is 16.5. The van der Waals surface area contributed by atoms with E-state index in [4.69, 9.17) is 5.11 Å². The largest absolute Gasteiger partial charge is 0.392 e. The second kappa shape index (κ2) is 4.84. The van der Waals surface area contributed by atoms with E-state index in [1.165, 1.54) is 6.39 Å². The molecule has 1 rings (SSSR count). The fraction of sp³-hybridized carbons (Fsp3) is 0.714. The smallest absolute Gasteiger partial charge is 0.213 e. The molecule has 0 fully saturated rings. The van der Waals surface area contributed by atoms with Crippen molar-refractivity contribution in [3.8, 4) is 0 Å². The summed E-state index contributed by atoms with van der Waals surface area (Å²) in [6.45, 7) is 3.09. The summed E-state index contributed by atoms with van der Waals surface area (Å²) in [5, 5.41) is 15.6.